The van der Waals surface area contributed by atoms with Gasteiger partial charge in [-0.15, -0.1) is 6.58 Å². The number of ketones is 1. The summed E-state index contributed by atoms with van der Waals surface area (Å²) in [6.45, 7) is 11.5. The summed E-state index contributed by atoms with van der Waals surface area (Å²) in [5.41, 5.74) is 3.78. The van der Waals surface area contributed by atoms with Crippen LogP contribution in [0.15, 0.2) is 61.2 Å². The van der Waals surface area contributed by atoms with Crippen LogP contribution in [0.2, 0.25) is 0 Å². The van der Waals surface area contributed by atoms with E-state index in [9.17, 15) is 4.79 Å². The highest BCUT2D eigenvalue weighted by atomic mass is 16.5. The van der Waals surface area contributed by atoms with Crippen LogP contribution < -0.4 is 4.74 Å². The minimum absolute atomic E-state index is 0.0973. The smallest absolute Gasteiger partial charge is 0.133 e. The Morgan fingerprint density at radius 3 is 2.61 bits per heavy atom. The van der Waals surface area contributed by atoms with Crippen LogP contribution in [-0.2, 0) is 16.8 Å². The minimum atomic E-state index is 0.0973. The van der Waals surface area contributed by atoms with Crippen molar-refractivity contribution in [2.75, 3.05) is 0 Å². The molecule has 2 aromatic carbocycles. The summed E-state index contributed by atoms with van der Waals surface area (Å²) < 4.78 is 6.48. The molecule has 0 radical (unpaired) electrons. The third-order valence-corrected chi connectivity index (χ3v) is 7.37. The molecule has 2 nitrogen and oxygen atoms in total. The van der Waals surface area contributed by atoms with Crippen molar-refractivity contribution < 1.29 is 9.53 Å². The van der Waals surface area contributed by atoms with Crippen molar-refractivity contribution in [3.8, 4) is 5.75 Å². The molecule has 0 spiro atoms. The monoisotopic (exact) mass is 446 g/mol. The zero-order valence-corrected chi connectivity index (χ0v) is 20.9. The molecule has 0 amide bonds. The molecular formula is C31H42O2. The van der Waals surface area contributed by atoms with E-state index in [1.54, 1.807) is 0 Å². The Kier molecular flexibility index (Phi) is 9.35. The Morgan fingerprint density at radius 1 is 1.09 bits per heavy atom. The standard InChI is InChI=1S/C31H42O2/c1-5-7-8-12-20-31(3,4)26-17-19-28(29-22-27(32)18-16-25(29)13-6-2)30(21-26)33-23-24-14-10-9-11-15-24/h6,9-11,14-15,17,19,21,25,29H,2,5,7-8,12-13,16,18,20,22-23H2,1,3-4H3. The van der Waals surface area contributed by atoms with E-state index in [0.717, 1.165) is 24.2 Å². The number of ether oxygens (including phenoxy) is 1. The van der Waals surface area contributed by atoms with Gasteiger partial charge in [0.25, 0.3) is 0 Å². The summed E-state index contributed by atoms with van der Waals surface area (Å²) in [5.74, 6) is 1.98. The van der Waals surface area contributed by atoms with Crippen LogP contribution in [-0.4, -0.2) is 5.78 Å². The zero-order chi connectivity index (χ0) is 23.7. The minimum Gasteiger partial charge on any atom is -0.489 e. The van der Waals surface area contributed by atoms with Gasteiger partial charge in [-0.1, -0.05) is 95.0 Å². The summed E-state index contributed by atoms with van der Waals surface area (Å²) in [5, 5.41) is 0. The molecule has 0 bridgehead atoms. The average Bonchev–Trinajstić information content (AvgIpc) is 2.82. The van der Waals surface area contributed by atoms with E-state index in [4.69, 9.17) is 4.74 Å². The van der Waals surface area contributed by atoms with Gasteiger partial charge in [0, 0.05) is 12.8 Å². The van der Waals surface area contributed by atoms with Gasteiger partial charge in [0.1, 0.15) is 18.1 Å². The Bertz CT molecular complexity index is 896. The number of carbonyl (C=O) groups is 1. The molecule has 1 aliphatic rings. The molecular weight excluding hydrogens is 404 g/mol. The van der Waals surface area contributed by atoms with Crippen LogP contribution in [0.25, 0.3) is 0 Å². The van der Waals surface area contributed by atoms with Crippen molar-refractivity contribution in [3.05, 3.63) is 77.9 Å². The summed E-state index contributed by atoms with van der Waals surface area (Å²) in [7, 11) is 0. The molecule has 0 N–H and O–H groups in total. The van der Waals surface area contributed by atoms with Crippen molar-refractivity contribution in [1.82, 2.24) is 0 Å². The molecule has 0 aromatic heterocycles. The van der Waals surface area contributed by atoms with Crippen LogP contribution in [0.4, 0.5) is 0 Å². The second-order valence-corrected chi connectivity index (χ2v) is 10.4. The predicted octanol–water partition coefficient (Wildman–Crippen LogP) is 8.54. The highest BCUT2D eigenvalue weighted by molar-refractivity contribution is 5.80. The fourth-order valence-electron chi connectivity index (χ4n) is 5.18. The third kappa shape index (κ3) is 7.06. The second kappa shape index (κ2) is 12.2. The molecule has 0 saturated heterocycles. The van der Waals surface area contributed by atoms with Gasteiger partial charge in [0.05, 0.1) is 0 Å². The molecule has 0 heterocycles. The normalized spacial score (nSPS) is 18.8. The first-order valence-corrected chi connectivity index (χ1v) is 12.9. The van der Waals surface area contributed by atoms with Crippen molar-refractivity contribution in [1.29, 1.82) is 0 Å². The van der Waals surface area contributed by atoms with Gasteiger partial charge in [-0.05, 0) is 59.3 Å². The lowest BCUT2D eigenvalue weighted by Crippen LogP contribution is -2.24. The first-order chi connectivity index (χ1) is 15.9. The zero-order valence-electron chi connectivity index (χ0n) is 20.9. The van der Waals surface area contributed by atoms with Gasteiger partial charge in [-0.3, -0.25) is 4.79 Å². The highest BCUT2D eigenvalue weighted by Crippen LogP contribution is 2.44. The molecule has 2 atom stereocenters. The van der Waals surface area contributed by atoms with E-state index < -0.39 is 0 Å². The first kappa shape index (κ1) is 25.3. The van der Waals surface area contributed by atoms with Crippen LogP contribution in [0, 0.1) is 5.92 Å². The van der Waals surface area contributed by atoms with Gasteiger partial charge >= 0.3 is 0 Å². The van der Waals surface area contributed by atoms with Crippen molar-refractivity contribution in [3.63, 3.8) is 0 Å². The van der Waals surface area contributed by atoms with Crippen LogP contribution in [0.1, 0.15) is 101 Å². The van der Waals surface area contributed by atoms with Gasteiger partial charge in [-0.2, -0.15) is 0 Å². The number of hydrogen-bond donors (Lipinski definition) is 0. The second-order valence-electron chi connectivity index (χ2n) is 10.4. The predicted molar refractivity (Wildman–Crippen MR) is 139 cm³/mol. The number of benzene rings is 2. The van der Waals surface area contributed by atoms with Gasteiger partial charge < -0.3 is 4.74 Å². The lowest BCUT2D eigenvalue weighted by molar-refractivity contribution is -0.121. The largest absolute Gasteiger partial charge is 0.489 e. The average molecular weight is 447 g/mol. The fourth-order valence-corrected chi connectivity index (χ4v) is 5.18. The number of rotatable bonds is 12. The summed E-state index contributed by atoms with van der Waals surface area (Å²) in [6.07, 6.45) is 11.5. The van der Waals surface area contributed by atoms with E-state index in [0.29, 0.717) is 31.1 Å². The maximum absolute atomic E-state index is 12.4. The molecule has 1 aliphatic carbocycles. The Morgan fingerprint density at radius 2 is 1.88 bits per heavy atom. The number of unbranched alkanes of at least 4 members (excludes halogenated alkanes) is 3. The van der Waals surface area contributed by atoms with E-state index in [1.807, 2.05) is 12.1 Å². The molecule has 0 aliphatic heterocycles. The number of Topliss-reactive ketones (excluding diaryl/α,β-unsaturated/α-hetero) is 1. The van der Waals surface area contributed by atoms with Gasteiger partial charge in [0.15, 0.2) is 0 Å². The van der Waals surface area contributed by atoms with E-state index in [2.05, 4.69) is 69.8 Å². The molecule has 3 rings (SSSR count). The topological polar surface area (TPSA) is 26.3 Å². The van der Waals surface area contributed by atoms with Gasteiger partial charge in [-0.25, -0.2) is 0 Å². The summed E-state index contributed by atoms with van der Waals surface area (Å²) in [6, 6.07) is 17.1. The van der Waals surface area contributed by atoms with Crippen LogP contribution in [0.3, 0.4) is 0 Å². The molecule has 2 aromatic rings. The van der Waals surface area contributed by atoms with Crippen molar-refractivity contribution in [2.45, 2.75) is 96.5 Å². The van der Waals surface area contributed by atoms with Crippen LogP contribution in [0.5, 0.6) is 5.75 Å². The van der Waals surface area contributed by atoms with Crippen molar-refractivity contribution >= 4 is 5.78 Å². The van der Waals surface area contributed by atoms with Crippen molar-refractivity contribution in [2.24, 2.45) is 5.92 Å². The molecule has 178 valence electrons. The summed E-state index contributed by atoms with van der Waals surface area (Å²) >= 11 is 0. The lowest BCUT2D eigenvalue weighted by Gasteiger charge is -2.33. The Balaban J connectivity index is 1.90. The maximum atomic E-state index is 12.4. The maximum Gasteiger partial charge on any atom is 0.133 e. The molecule has 33 heavy (non-hydrogen) atoms. The molecule has 1 fully saturated rings. The Hall–Kier alpha value is -2.35. The number of carbonyl (C=O) groups excluding carboxylic acids is 1. The lowest BCUT2D eigenvalue weighted by atomic mass is 9.72. The molecule has 1 saturated carbocycles. The highest BCUT2D eigenvalue weighted by Gasteiger charge is 2.32. The van der Waals surface area contributed by atoms with Gasteiger partial charge in [0.2, 0.25) is 0 Å². The van der Waals surface area contributed by atoms with E-state index in [-0.39, 0.29) is 11.3 Å². The summed E-state index contributed by atoms with van der Waals surface area (Å²) in [4.78, 5) is 12.4. The SMILES string of the molecule is C=CCC1CCC(=O)CC1c1ccc(C(C)(C)CCCCCC)cc1OCc1ccccc1. The van der Waals surface area contributed by atoms with E-state index in [1.165, 1.54) is 43.2 Å². The fraction of sp³-hybridized carbons (Fsp3) is 0.516. The first-order valence-electron chi connectivity index (χ1n) is 12.9. The third-order valence-electron chi connectivity index (χ3n) is 7.37. The molecule has 2 heteroatoms. The number of hydrogen-bond acceptors (Lipinski definition) is 2. The molecule has 2 unspecified atom stereocenters. The van der Waals surface area contributed by atoms with E-state index >= 15 is 0 Å². The van der Waals surface area contributed by atoms with Crippen LogP contribution >= 0.6 is 0 Å². The Labute approximate surface area is 201 Å². The number of allylic oxidation sites excluding steroid dienone is 1. The quantitative estimate of drug-likeness (QED) is 0.241.